The van der Waals surface area contributed by atoms with Gasteiger partial charge >= 0.3 is 193 Å². The molecule has 17 heteroatoms. The second-order valence-electron chi connectivity index (χ2n) is 0.481. The van der Waals surface area contributed by atoms with Gasteiger partial charge in [0.25, 0.3) is 0 Å². The van der Waals surface area contributed by atoms with E-state index in [1.807, 2.05) is 0 Å². The zero-order valence-electron chi connectivity index (χ0n) is 8.25. The van der Waals surface area contributed by atoms with Gasteiger partial charge in [0.2, 0.25) is 0 Å². The van der Waals surface area contributed by atoms with Crippen molar-refractivity contribution in [1.29, 1.82) is 0 Å². The Morgan fingerprint density at radius 1 is 0.471 bits per heavy atom. The van der Waals surface area contributed by atoms with Crippen molar-refractivity contribution >= 4 is 127 Å². The molecule has 17 heavy (non-hydrogen) atoms. The minimum Gasteiger partial charge on any atom is 3.00 e. The molecule has 0 heterocycles. The summed E-state index contributed by atoms with van der Waals surface area (Å²) in [5.41, 5.74) is 0. The fourth-order valence-corrected chi connectivity index (χ4v) is 0. The van der Waals surface area contributed by atoms with Gasteiger partial charge in [-0.05, 0) is 0 Å². The molecule has 90 valence electrons. The van der Waals surface area contributed by atoms with Gasteiger partial charge in [-0.15, -0.1) is 0 Å². The third-order valence-electron chi connectivity index (χ3n) is 0. The van der Waals surface area contributed by atoms with Gasteiger partial charge in [0.1, 0.15) is 0 Å². The smallest absolute Gasteiger partial charge is 3.00 e. The summed E-state index contributed by atoms with van der Waals surface area (Å²) in [5, 5.41) is 0. The summed E-state index contributed by atoms with van der Waals surface area (Å²) in [7, 11) is 0. The second kappa shape index (κ2) is 94.9. The van der Waals surface area contributed by atoms with Crippen molar-refractivity contribution < 1.29 is 65.4 Å². The van der Waals surface area contributed by atoms with E-state index in [1.54, 1.807) is 0 Å². The molecule has 0 aromatic carbocycles. The first-order chi connectivity index (χ1) is 7.07. The summed E-state index contributed by atoms with van der Waals surface area (Å²) >= 11 is -10.9. The van der Waals surface area contributed by atoms with Crippen molar-refractivity contribution in [3.8, 4) is 0 Å². The van der Waals surface area contributed by atoms with Crippen molar-refractivity contribution in [2.75, 3.05) is 0 Å². The molecule has 0 N–H and O–H groups in total. The molecular formula is H5BaGe5O10Sc. The van der Waals surface area contributed by atoms with Crippen LogP contribution in [0, 0.1) is 0 Å². The Morgan fingerprint density at radius 3 is 0.471 bits per heavy atom. The Kier molecular flexibility index (Phi) is 239. The fraction of sp³-hybridized carbons (Fsp3) is 0. The van der Waals surface area contributed by atoms with Crippen LogP contribution < -0.4 is 20.7 Å². The molecule has 0 amide bonds. The van der Waals surface area contributed by atoms with Gasteiger partial charge in [-0.3, -0.25) is 0 Å². The summed E-state index contributed by atoms with van der Waals surface area (Å²) in [5.74, 6) is 0. The van der Waals surface area contributed by atoms with E-state index in [0.29, 0.717) is 0 Å². The third-order valence-corrected chi connectivity index (χ3v) is 0. The van der Waals surface area contributed by atoms with Crippen LogP contribution in [0.15, 0.2) is 0 Å². The predicted molar refractivity (Wildman–Crippen MR) is 44.9 cm³/mol. The Hall–Kier alpha value is 3.16. The van der Waals surface area contributed by atoms with E-state index in [4.69, 9.17) is 39.6 Å². The van der Waals surface area contributed by atoms with E-state index >= 15 is 0 Å². The van der Waals surface area contributed by atoms with E-state index < -0.39 is 78.5 Å². The summed E-state index contributed by atoms with van der Waals surface area (Å²) in [6.07, 6.45) is 0. The first kappa shape index (κ1) is 42.7. The quantitative estimate of drug-likeness (QED) is 0.218. The number of hydrogen-bond donors (Lipinski definition) is 0. The Labute approximate surface area is 188 Å². The first-order valence-corrected chi connectivity index (χ1v) is 12.2. The molecule has 0 aliphatic carbocycles. The average molecular weight is 710 g/mol. The summed E-state index contributed by atoms with van der Waals surface area (Å²) in [6.45, 7) is 0. The minimum atomic E-state index is -2.19. The summed E-state index contributed by atoms with van der Waals surface area (Å²) in [6, 6.07) is 0. The monoisotopic (exact) mass is 717 g/mol. The molecule has 0 aliphatic heterocycles. The molecule has 0 rings (SSSR count). The fourth-order valence-electron chi connectivity index (χ4n) is 0. The normalized spacial score (nSPS) is 3.53. The summed E-state index contributed by atoms with van der Waals surface area (Å²) in [4.78, 5) is 0. The second-order valence-corrected chi connectivity index (χ2v) is 2.50. The zero-order chi connectivity index (χ0) is 13.5. The maximum Gasteiger partial charge on any atom is 3.00 e. The molecule has 0 saturated carbocycles. The van der Waals surface area contributed by atoms with E-state index in [9.17, 15) is 0 Å². The van der Waals surface area contributed by atoms with E-state index in [-0.39, 0.29) is 74.7 Å². The van der Waals surface area contributed by atoms with Crippen LogP contribution in [0.5, 0.6) is 0 Å². The van der Waals surface area contributed by atoms with Crippen LogP contribution in [0.3, 0.4) is 0 Å². The van der Waals surface area contributed by atoms with Gasteiger partial charge in [-0.1, -0.05) is 0 Å². The van der Waals surface area contributed by atoms with Crippen molar-refractivity contribution in [2.24, 2.45) is 0 Å². The van der Waals surface area contributed by atoms with Gasteiger partial charge in [-0.2, -0.15) is 0 Å². The van der Waals surface area contributed by atoms with Crippen LogP contribution in [-0.2, 0) is 44.7 Å². The molecular weight excluding hydrogens is 705 g/mol. The Balaban J connectivity index is -0.0000000143. The van der Waals surface area contributed by atoms with E-state index in [0.717, 1.165) is 0 Å². The van der Waals surface area contributed by atoms with Crippen molar-refractivity contribution in [1.82, 2.24) is 0 Å². The van der Waals surface area contributed by atoms with Crippen molar-refractivity contribution in [2.45, 2.75) is 0 Å². The van der Waals surface area contributed by atoms with Crippen LogP contribution in [-0.4, -0.2) is 127 Å². The molecule has 0 atom stereocenters. The standard InChI is InChI=1S/Ba.5GeHO2.Sc/c;5*2-1-3;/h;5*1H;/q+2;5*-1;+3. The third kappa shape index (κ3) is 566. The van der Waals surface area contributed by atoms with Gasteiger partial charge in [0.15, 0.2) is 0 Å². The van der Waals surface area contributed by atoms with Crippen LogP contribution in [0.1, 0.15) is 0 Å². The molecule has 0 radical (unpaired) electrons. The Morgan fingerprint density at radius 2 is 0.471 bits per heavy atom. The minimum absolute atomic E-state index is 0. The molecule has 0 aliphatic rings. The molecule has 0 fully saturated rings. The SMILES string of the molecule is [Ba+2].[O]=[GeH][O-].[O]=[GeH][O-].[O]=[GeH][O-].[O]=[GeH][O-].[O]=[GeH][O-].[Sc+3]. The molecule has 10 nitrogen and oxygen atoms in total. The molecule has 0 aromatic rings. The van der Waals surface area contributed by atoms with Gasteiger partial charge < -0.3 is 0 Å². The molecule has 0 unspecified atom stereocenters. The van der Waals surface area contributed by atoms with Gasteiger partial charge in [0, 0.05) is 0 Å². The first-order valence-electron chi connectivity index (χ1n) is 2.36. The predicted octanol–water partition coefficient (Wildman–Crippen LogP) is -10.2. The van der Waals surface area contributed by atoms with E-state index in [2.05, 4.69) is 0 Å². The summed E-state index contributed by atoms with van der Waals surface area (Å²) < 4.78 is 85.3. The molecule has 0 spiro atoms. The maximum absolute atomic E-state index is 8.53. The number of hydrogen-bond acceptors (Lipinski definition) is 10. The van der Waals surface area contributed by atoms with Crippen molar-refractivity contribution in [3.05, 3.63) is 0 Å². The van der Waals surface area contributed by atoms with Gasteiger partial charge in [0.05, 0.1) is 0 Å². The molecule has 0 aromatic heterocycles. The van der Waals surface area contributed by atoms with Crippen LogP contribution in [0.2, 0.25) is 0 Å². The molecule has 0 saturated heterocycles. The topological polar surface area (TPSA) is 201 Å². The van der Waals surface area contributed by atoms with Gasteiger partial charge in [-0.25, -0.2) is 0 Å². The zero-order valence-corrected chi connectivity index (χ0v) is 26.6. The number of rotatable bonds is 0. The maximum atomic E-state index is 8.53. The average Bonchev–Trinajstić information content (AvgIpc) is 2.09. The van der Waals surface area contributed by atoms with Crippen molar-refractivity contribution in [3.63, 3.8) is 0 Å². The largest absolute Gasteiger partial charge is 3.00 e. The Bertz CT molecular complexity index is 97.0. The van der Waals surface area contributed by atoms with Crippen LogP contribution >= 0.6 is 0 Å². The molecule has 0 bridgehead atoms. The van der Waals surface area contributed by atoms with E-state index in [1.165, 1.54) is 0 Å². The van der Waals surface area contributed by atoms with Crippen LogP contribution in [0.4, 0.5) is 0 Å². The van der Waals surface area contributed by atoms with Crippen LogP contribution in [0.25, 0.3) is 0 Å².